The molecule has 0 amide bonds. The van der Waals surface area contributed by atoms with Crippen LogP contribution < -0.4 is 0 Å². The van der Waals surface area contributed by atoms with Gasteiger partial charge in [0, 0.05) is 5.56 Å². The molecule has 0 aliphatic rings. The van der Waals surface area contributed by atoms with Crippen LogP contribution in [0.15, 0.2) is 42.5 Å². The van der Waals surface area contributed by atoms with Crippen molar-refractivity contribution in [1.82, 2.24) is 0 Å². The lowest BCUT2D eigenvalue weighted by Gasteiger charge is -2.24. The van der Waals surface area contributed by atoms with Gasteiger partial charge in [0.15, 0.2) is 0 Å². The fourth-order valence-corrected chi connectivity index (χ4v) is 1.41. The Kier molecular flexibility index (Phi) is 4.02. The molecule has 1 rings (SSSR count). The van der Waals surface area contributed by atoms with Gasteiger partial charge in [0.25, 0.3) is 0 Å². The molecule has 88 valence electrons. The van der Waals surface area contributed by atoms with E-state index < -0.39 is 11.6 Å². The Morgan fingerprint density at radius 3 is 2.59 bits per heavy atom. The Balaban J connectivity index is 3.26. The molecular weight excluding hydrogens is 218 g/mol. The molecule has 0 radical (unpaired) electrons. The molecule has 0 aliphatic carbocycles. The molecule has 1 unspecified atom stereocenters. The molecule has 0 fully saturated rings. The highest BCUT2D eigenvalue weighted by atomic mass is 16.5. The zero-order valence-corrected chi connectivity index (χ0v) is 9.51. The van der Waals surface area contributed by atoms with Crippen molar-refractivity contribution in [3.05, 3.63) is 48.0 Å². The lowest BCUT2D eigenvalue weighted by molar-refractivity contribution is -0.161. The number of hydrogen-bond acceptors (Lipinski definition) is 4. The van der Waals surface area contributed by atoms with Gasteiger partial charge in [0.2, 0.25) is 5.60 Å². The van der Waals surface area contributed by atoms with Crippen molar-refractivity contribution in [2.24, 2.45) is 0 Å². The molecule has 1 N–H and O–H groups in total. The minimum absolute atomic E-state index is 0.118. The summed E-state index contributed by atoms with van der Waals surface area (Å²) >= 11 is 0. The number of aliphatic hydroxyl groups is 1. The maximum atomic E-state index is 11.8. The summed E-state index contributed by atoms with van der Waals surface area (Å²) in [6.07, 6.45) is 0. The third-order valence-corrected chi connectivity index (χ3v) is 2.33. The molecular formula is C13H13NO3. The number of nitrogens with zero attached hydrogens (tertiary/aromatic N) is 1. The van der Waals surface area contributed by atoms with Crippen LogP contribution in [0.1, 0.15) is 12.5 Å². The Morgan fingerprint density at radius 1 is 1.53 bits per heavy atom. The first kappa shape index (κ1) is 12.9. The Hall–Kier alpha value is -2.12. The predicted molar refractivity (Wildman–Crippen MR) is 61.7 cm³/mol. The van der Waals surface area contributed by atoms with Crippen molar-refractivity contribution >= 4 is 5.97 Å². The van der Waals surface area contributed by atoms with E-state index >= 15 is 0 Å². The molecule has 1 atom stereocenters. The molecule has 0 aromatic heterocycles. The fraction of sp³-hybridized carbons (Fsp3) is 0.231. The number of esters is 1. The van der Waals surface area contributed by atoms with Gasteiger partial charge in [-0.25, -0.2) is 4.79 Å². The van der Waals surface area contributed by atoms with Crippen molar-refractivity contribution in [2.45, 2.75) is 12.5 Å². The summed E-state index contributed by atoms with van der Waals surface area (Å²) in [5, 5.41) is 19.2. The van der Waals surface area contributed by atoms with E-state index in [9.17, 15) is 9.90 Å². The van der Waals surface area contributed by atoms with Gasteiger partial charge in [-0.1, -0.05) is 36.9 Å². The van der Waals surface area contributed by atoms with Gasteiger partial charge in [0.1, 0.15) is 0 Å². The number of hydrogen-bond donors (Lipinski definition) is 1. The predicted octanol–water partition coefficient (Wildman–Crippen LogP) is 1.52. The van der Waals surface area contributed by atoms with Gasteiger partial charge in [-0.3, -0.25) is 0 Å². The molecule has 1 aromatic carbocycles. The van der Waals surface area contributed by atoms with E-state index in [1.165, 1.54) is 0 Å². The summed E-state index contributed by atoms with van der Waals surface area (Å²) in [7, 11) is 0. The highest BCUT2D eigenvalue weighted by Crippen LogP contribution is 2.29. The van der Waals surface area contributed by atoms with Gasteiger partial charge in [0.05, 0.1) is 18.2 Å². The average molecular weight is 231 g/mol. The second kappa shape index (κ2) is 5.28. The van der Waals surface area contributed by atoms with Gasteiger partial charge >= 0.3 is 5.97 Å². The van der Waals surface area contributed by atoms with Crippen LogP contribution >= 0.6 is 0 Å². The SMILES string of the molecule is C=C(C#N)C(O)(C(=O)OCC)c1ccccc1. The summed E-state index contributed by atoms with van der Waals surface area (Å²) in [5.74, 6) is -0.891. The number of carbonyl (C=O) groups is 1. The first-order chi connectivity index (χ1) is 8.07. The Morgan fingerprint density at radius 2 is 2.12 bits per heavy atom. The van der Waals surface area contributed by atoms with Crippen LogP contribution in [0, 0.1) is 11.3 Å². The molecule has 0 spiro atoms. The third-order valence-electron chi connectivity index (χ3n) is 2.33. The summed E-state index contributed by atoms with van der Waals surface area (Å²) < 4.78 is 4.78. The van der Waals surface area contributed by atoms with E-state index in [4.69, 9.17) is 10.00 Å². The normalized spacial score (nSPS) is 13.2. The average Bonchev–Trinajstić information content (AvgIpc) is 2.38. The van der Waals surface area contributed by atoms with Crippen LogP contribution in [0.3, 0.4) is 0 Å². The third kappa shape index (κ3) is 2.35. The molecule has 17 heavy (non-hydrogen) atoms. The lowest BCUT2D eigenvalue weighted by atomic mass is 9.87. The van der Waals surface area contributed by atoms with Crippen molar-refractivity contribution in [3.8, 4) is 6.07 Å². The smallest absolute Gasteiger partial charge is 0.348 e. The molecule has 0 aliphatic heterocycles. The van der Waals surface area contributed by atoms with Crippen molar-refractivity contribution in [3.63, 3.8) is 0 Å². The highest BCUT2D eigenvalue weighted by molar-refractivity contribution is 5.86. The van der Waals surface area contributed by atoms with Crippen molar-refractivity contribution < 1.29 is 14.6 Å². The number of benzene rings is 1. The second-order valence-electron chi connectivity index (χ2n) is 3.39. The van der Waals surface area contributed by atoms with Crippen LogP contribution in [-0.2, 0) is 15.1 Å². The van der Waals surface area contributed by atoms with Crippen molar-refractivity contribution in [1.29, 1.82) is 5.26 Å². The van der Waals surface area contributed by atoms with E-state index in [1.807, 2.05) is 0 Å². The van der Waals surface area contributed by atoms with Gasteiger partial charge < -0.3 is 9.84 Å². The minimum atomic E-state index is -2.11. The molecule has 4 nitrogen and oxygen atoms in total. The largest absolute Gasteiger partial charge is 0.463 e. The van der Waals surface area contributed by atoms with Crippen LogP contribution in [0.4, 0.5) is 0 Å². The van der Waals surface area contributed by atoms with Crippen LogP contribution in [0.25, 0.3) is 0 Å². The van der Waals surface area contributed by atoms with Crippen LogP contribution in [0.2, 0.25) is 0 Å². The summed E-state index contributed by atoms with van der Waals surface area (Å²) in [5.41, 5.74) is -2.10. The van der Waals surface area contributed by atoms with Gasteiger partial charge in [-0.2, -0.15) is 5.26 Å². The quantitative estimate of drug-likeness (QED) is 0.630. The number of rotatable bonds is 4. The summed E-state index contributed by atoms with van der Waals surface area (Å²) in [6.45, 7) is 5.15. The number of nitriles is 1. The van der Waals surface area contributed by atoms with E-state index in [1.54, 1.807) is 43.3 Å². The standard InChI is InChI=1S/C13H13NO3/c1-3-17-12(15)13(16,10(2)9-14)11-7-5-4-6-8-11/h4-8,16H,2-3H2,1H3. The first-order valence-corrected chi connectivity index (χ1v) is 5.12. The molecule has 0 saturated heterocycles. The van der Waals surface area contributed by atoms with Crippen LogP contribution in [-0.4, -0.2) is 17.7 Å². The van der Waals surface area contributed by atoms with Gasteiger partial charge in [-0.15, -0.1) is 0 Å². The summed E-state index contributed by atoms with van der Waals surface area (Å²) in [4.78, 5) is 11.8. The first-order valence-electron chi connectivity index (χ1n) is 5.12. The lowest BCUT2D eigenvalue weighted by Crippen LogP contribution is -2.38. The van der Waals surface area contributed by atoms with E-state index in [0.29, 0.717) is 0 Å². The maximum Gasteiger partial charge on any atom is 0.348 e. The van der Waals surface area contributed by atoms with E-state index in [2.05, 4.69) is 6.58 Å². The molecule has 0 bridgehead atoms. The summed E-state index contributed by atoms with van der Waals surface area (Å²) in [6, 6.07) is 9.83. The number of carbonyl (C=O) groups excluding carboxylic acids is 1. The topological polar surface area (TPSA) is 70.3 Å². The fourth-order valence-electron chi connectivity index (χ4n) is 1.41. The molecule has 0 heterocycles. The van der Waals surface area contributed by atoms with E-state index in [-0.39, 0.29) is 17.7 Å². The zero-order chi connectivity index (χ0) is 12.9. The molecule has 4 heteroatoms. The number of ether oxygens (including phenoxy) is 1. The Bertz CT molecular complexity index is 461. The highest BCUT2D eigenvalue weighted by Gasteiger charge is 2.42. The minimum Gasteiger partial charge on any atom is -0.463 e. The van der Waals surface area contributed by atoms with E-state index in [0.717, 1.165) is 0 Å². The van der Waals surface area contributed by atoms with Crippen molar-refractivity contribution in [2.75, 3.05) is 6.61 Å². The molecule has 1 aromatic rings. The monoisotopic (exact) mass is 231 g/mol. The second-order valence-corrected chi connectivity index (χ2v) is 3.39. The maximum absolute atomic E-state index is 11.8. The Labute approximate surface area is 99.8 Å². The molecule has 0 saturated carbocycles. The van der Waals surface area contributed by atoms with Crippen LogP contribution in [0.5, 0.6) is 0 Å². The zero-order valence-electron chi connectivity index (χ0n) is 9.51. The van der Waals surface area contributed by atoms with Gasteiger partial charge in [-0.05, 0) is 6.92 Å².